The lowest BCUT2D eigenvalue weighted by molar-refractivity contribution is -0.115. The van der Waals surface area contributed by atoms with Gasteiger partial charge in [-0.15, -0.1) is 0 Å². The van der Waals surface area contributed by atoms with Gasteiger partial charge in [-0.3, -0.25) is 4.79 Å². The third-order valence-electron chi connectivity index (χ3n) is 4.00. The van der Waals surface area contributed by atoms with Crippen molar-refractivity contribution in [1.29, 1.82) is 0 Å². The molecule has 20 heavy (non-hydrogen) atoms. The molecule has 0 amide bonds. The second-order valence-electron chi connectivity index (χ2n) is 5.23. The summed E-state index contributed by atoms with van der Waals surface area (Å²) >= 11 is 0. The summed E-state index contributed by atoms with van der Waals surface area (Å²) in [6.07, 6.45) is 7.31. The second-order valence-corrected chi connectivity index (χ2v) is 5.23. The number of phenols is 1. The Morgan fingerprint density at radius 1 is 1.20 bits per heavy atom. The molecule has 1 aliphatic carbocycles. The summed E-state index contributed by atoms with van der Waals surface area (Å²) < 4.78 is 0. The molecule has 2 heteroatoms. The molecule has 0 heterocycles. The predicted octanol–water partition coefficient (Wildman–Crippen LogP) is 4.50. The Morgan fingerprint density at radius 2 is 1.90 bits per heavy atom. The van der Waals surface area contributed by atoms with E-state index in [1.165, 1.54) is 16.7 Å². The van der Waals surface area contributed by atoms with Crippen LogP contribution in [0.3, 0.4) is 0 Å². The number of benzene rings is 1. The molecule has 1 N–H and O–H groups in total. The quantitative estimate of drug-likeness (QED) is 0.874. The van der Waals surface area contributed by atoms with Crippen molar-refractivity contribution < 1.29 is 9.90 Å². The highest BCUT2D eigenvalue weighted by atomic mass is 16.3. The molecule has 0 radical (unpaired) electrons. The number of carbonyl (C=O) groups excluding carboxylic acids is 1. The van der Waals surface area contributed by atoms with Gasteiger partial charge in [0, 0.05) is 6.42 Å². The summed E-state index contributed by atoms with van der Waals surface area (Å²) in [4.78, 5) is 11.3. The van der Waals surface area contributed by atoms with Gasteiger partial charge in [0.1, 0.15) is 5.75 Å². The summed E-state index contributed by atoms with van der Waals surface area (Å²) in [5.74, 6) is 0.909. The molecule has 0 spiro atoms. The first-order valence-electron chi connectivity index (χ1n) is 7.38. The van der Waals surface area contributed by atoms with E-state index in [2.05, 4.69) is 19.9 Å². The van der Waals surface area contributed by atoms with Crippen molar-refractivity contribution >= 4 is 11.4 Å². The summed E-state index contributed by atoms with van der Waals surface area (Å²) in [6, 6.07) is 7.42. The molecule has 0 saturated heterocycles. The van der Waals surface area contributed by atoms with Crippen molar-refractivity contribution in [2.75, 3.05) is 0 Å². The van der Waals surface area contributed by atoms with Crippen LogP contribution in [0, 0.1) is 5.92 Å². The van der Waals surface area contributed by atoms with Crippen LogP contribution in [0.15, 0.2) is 42.0 Å². The Morgan fingerprint density at radius 3 is 2.40 bits per heavy atom. The van der Waals surface area contributed by atoms with E-state index in [1.807, 2.05) is 12.1 Å². The van der Waals surface area contributed by atoms with Crippen LogP contribution in [0.5, 0.6) is 5.75 Å². The molecule has 2 nitrogen and oxygen atoms in total. The number of hydrogen-bond donors (Lipinski definition) is 1. The predicted molar refractivity (Wildman–Crippen MR) is 82.5 cm³/mol. The lowest BCUT2D eigenvalue weighted by atomic mass is 9.82. The maximum atomic E-state index is 11.3. The average molecular weight is 270 g/mol. The van der Waals surface area contributed by atoms with Crippen molar-refractivity contribution in [3.8, 4) is 5.75 Å². The van der Waals surface area contributed by atoms with Gasteiger partial charge in [0.05, 0.1) is 0 Å². The highest BCUT2D eigenvalue weighted by molar-refractivity contribution is 5.90. The maximum absolute atomic E-state index is 11.3. The molecule has 2 rings (SSSR count). The minimum atomic E-state index is 0.236. The van der Waals surface area contributed by atoms with Crippen molar-refractivity contribution in [2.45, 2.75) is 39.5 Å². The Kier molecular flexibility index (Phi) is 4.78. The summed E-state index contributed by atoms with van der Waals surface area (Å²) in [7, 11) is 0. The standard InChI is InChI=1S/C18H22O2/c1-3-17(13-5-9-15(19)10-6-13)18(4-2)14-7-11-16(20)12-8-14/h5-7,9-11,14,19H,3-4,8,12H2,1-2H3. The van der Waals surface area contributed by atoms with E-state index in [4.69, 9.17) is 0 Å². The molecule has 0 fully saturated rings. The maximum Gasteiger partial charge on any atom is 0.155 e. The van der Waals surface area contributed by atoms with E-state index in [1.54, 1.807) is 18.2 Å². The monoisotopic (exact) mass is 270 g/mol. The molecular formula is C18H22O2. The van der Waals surface area contributed by atoms with Crippen LogP contribution in [0.2, 0.25) is 0 Å². The molecule has 0 aliphatic heterocycles. The van der Waals surface area contributed by atoms with Crippen molar-refractivity contribution in [3.05, 3.63) is 47.6 Å². The summed E-state index contributed by atoms with van der Waals surface area (Å²) in [5.41, 5.74) is 3.94. The Balaban J connectivity index is 2.39. The SMILES string of the molecule is CCC(=C(CC)C1C=CC(=O)CC1)c1ccc(O)cc1. The van der Waals surface area contributed by atoms with Gasteiger partial charge in [0.15, 0.2) is 5.78 Å². The number of allylic oxidation sites excluding steroid dienone is 4. The van der Waals surface area contributed by atoms with Gasteiger partial charge in [-0.05, 0) is 54.5 Å². The highest BCUT2D eigenvalue weighted by Gasteiger charge is 2.19. The molecule has 0 aromatic heterocycles. The zero-order valence-corrected chi connectivity index (χ0v) is 12.2. The number of rotatable bonds is 4. The van der Waals surface area contributed by atoms with Gasteiger partial charge in [-0.2, -0.15) is 0 Å². The molecule has 1 unspecified atom stereocenters. The van der Waals surface area contributed by atoms with Gasteiger partial charge >= 0.3 is 0 Å². The Labute approximate surface area is 120 Å². The zero-order chi connectivity index (χ0) is 14.5. The number of phenolic OH excluding ortho intramolecular Hbond substituents is 1. The summed E-state index contributed by atoms with van der Waals surface area (Å²) in [5, 5.41) is 9.42. The van der Waals surface area contributed by atoms with Gasteiger partial charge in [-0.1, -0.05) is 37.6 Å². The van der Waals surface area contributed by atoms with E-state index in [0.29, 0.717) is 18.1 Å². The van der Waals surface area contributed by atoms with E-state index < -0.39 is 0 Å². The molecule has 1 aliphatic rings. The second kappa shape index (κ2) is 6.56. The van der Waals surface area contributed by atoms with Crippen LogP contribution in [0.1, 0.15) is 45.1 Å². The molecule has 1 aromatic carbocycles. The van der Waals surface area contributed by atoms with Crippen LogP contribution in [-0.2, 0) is 4.79 Å². The third kappa shape index (κ3) is 3.19. The number of ketones is 1. The van der Waals surface area contributed by atoms with Crippen molar-refractivity contribution in [3.63, 3.8) is 0 Å². The molecule has 1 atom stereocenters. The highest BCUT2D eigenvalue weighted by Crippen LogP contribution is 2.34. The topological polar surface area (TPSA) is 37.3 Å². The molecule has 0 bridgehead atoms. The third-order valence-corrected chi connectivity index (χ3v) is 4.00. The van der Waals surface area contributed by atoms with Crippen LogP contribution in [-0.4, -0.2) is 10.9 Å². The van der Waals surface area contributed by atoms with Crippen LogP contribution in [0.4, 0.5) is 0 Å². The molecule has 106 valence electrons. The summed E-state index contributed by atoms with van der Waals surface area (Å²) in [6.45, 7) is 4.34. The number of hydrogen-bond acceptors (Lipinski definition) is 2. The fraction of sp³-hybridized carbons (Fsp3) is 0.389. The van der Waals surface area contributed by atoms with E-state index >= 15 is 0 Å². The van der Waals surface area contributed by atoms with Crippen LogP contribution < -0.4 is 0 Å². The van der Waals surface area contributed by atoms with E-state index in [-0.39, 0.29) is 5.78 Å². The first-order chi connectivity index (χ1) is 9.65. The van der Waals surface area contributed by atoms with E-state index in [9.17, 15) is 9.90 Å². The average Bonchev–Trinajstić information content (AvgIpc) is 2.47. The minimum absolute atomic E-state index is 0.236. The van der Waals surface area contributed by atoms with Gasteiger partial charge in [-0.25, -0.2) is 0 Å². The van der Waals surface area contributed by atoms with Gasteiger partial charge in [0.25, 0.3) is 0 Å². The largest absolute Gasteiger partial charge is 0.508 e. The van der Waals surface area contributed by atoms with Gasteiger partial charge in [0.2, 0.25) is 0 Å². The number of carbonyl (C=O) groups is 1. The van der Waals surface area contributed by atoms with Crippen LogP contribution >= 0.6 is 0 Å². The first kappa shape index (κ1) is 14.6. The Bertz CT molecular complexity index is 535. The molecular weight excluding hydrogens is 248 g/mol. The fourth-order valence-corrected chi connectivity index (χ4v) is 2.97. The normalized spacial score (nSPS) is 19.9. The van der Waals surface area contributed by atoms with Gasteiger partial charge < -0.3 is 5.11 Å². The van der Waals surface area contributed by atoms with Crippen LogP contribution in [0.25, 0.3) is 5.57 Å². The smallest absolute Gasteiger partial charge is 0.155 e. The minimum Gasteiger partial charge on any atom is -0.508 e. The van der Waals surface area contributed by atoms with Crippen molar-refractivity contribution in [1.82, 2.24) is 0 Å². The fourth-order valence-electron chi connectivity index (χ4n) is 2.97. The zero-order valence-electron chi connectivity index (χ0n) is 12.2. The first-order valence-corrected chi connectivity index (χ1v) is 7.38. The van der Waals surface area contributed by atoms with Crippen molar-refractivity contribution in [2.24, 2.45) is 5.92 Å². The molecule has 0 saturated carbocycles. The van der Waals surface area contributed by atoms with E-state index in [0.717, 1.165) is 19.3 Å². The lowest BCUT2D eigenvalue weighted by Crippen LogP contribution is -2.11. The molecule has 1 aromatic rings. The lowest BCUT2D eigenvalue weighted by Gasteiger charge is -2.23. The number of aromatic hydroxyl groups is 1. The Hall–Kier alpha value is -1.83.